The molecule has 0 unspecified atom stereocenters. The van der Waals surface area contributed by atoms with E-state index in [2.05, 4.69) is 0 Å². The zero-order chi connectivity index (χ0) is 23.0. The second-order valence-corrected chi connectivity index (χ2v) is 9.62. The van der Waals surface area contributed by atoms with Gasteiger partial charge in [0, 0.05) is 40.0 Å². The molecule has 1 N–H and O–H groups in total. The molecule has 4 rings (SSSR count). The molecule has 1 aliphatic carbocycles. The molecule has 1 amide bonds. The van der Waals surface area contributed by atoms with Crippen molar-refractivity contribution < 1.29 is 22.4 Å². The topological polar surface area (TPSA) is 85.2 Å². The molecule has 0 aliphatic heterocycles. The Balaban J connectivity index is 2.04. The first-order valence-electron chi connectivity index (χ1n) is 9.63. The highest BCUT2D eigenvalue weighted by Gasteiger charge is 2.29. The molecule has 3 aromatic rings. The van der Waals surface area contributed by atoms with Crippen molar-refractivity contribution in [1.29, 1.82) is 0 Å². The third-order valence-corrected chi connectivity index (χ3v) is 5.84. The van der Waals surface area contributed by atoms with Crippen molar-refractivity contribution in [2.24, 2.45) is 0 Å². The van der Waals surface area contributed by atoms with E-state index in [1.54, 1.807) is 53.1 Å². The Morgan fingerprint density at radius 3 is 2.56 bits per heavy atom. The van der Waals surface area contributed by atoms with Gasteiger partial charge in [0.1, 0.15) is 11.5 Å². The first-order chi connectivity index (χ1) is 15.1. The standard InChI is InChI=1S/C23H18ClFN2O4S/c1-32(30,31)26-23(29)22-21(17-4-2-3-5-20(17)28)18-12-15(24)8-11-19(18)27(22)13-14-6-9-16(25)10-7-14/h2-4,6-12H,5,13H2,1H3,(H,26,29). The van der Waals surface area contributed by atoms with Crippen LogP contribution in [-0.2, 0) is 21.4 Å². The largest absolute Gasteiger partial charge is 0.331 e. The third kappa shape index (κ3) is 4.37. The summed E-state index contributed by atoms with van der Waals surface area (Å²) in [7, 11) is -3.88. The molecule has 0 fully saturated rings. The van der Waals surface area contributed by atoms with E-state index in [1.165, 1.54) is 12.1 Å². The molecule has 1 aliphatic rings. The normalized spacial score (nSPS) is 14.0. The molecule has 0 saturated carbocycles. The number of ketones is 1. The van der Waals surface area contributed by atoms with Gasteiger partial charge in [0.2, 0.25) is 10.0 Å². The third-order valence-electron chi connectivity index (χ3n) is 5.04. The first kappa shape index (κ1) is 22.0. The lowest BCUT2D eigenvalue weighted by atomic mass is 9.93. The number of nitrogens with zero attached hydrogens (tertiary/aromatic N) is 1. The fourth-order valence-electron chi connectivity index (χ4n) is 3.75. The van der Waals surface area contributed by atoms with Crippen LogP contribution in [0.15, 0.2) is 60.7 Å². The van der Waals surface area contributed by atoms with Gasteiger partial charge in [-0.1, -0.05) is 42.0 Å². The summed E-state index contributed by atoms with van der Waals surface area (Å²) in [5.41, 5.74) is 1.86. The average Bonchev–Trinajstić information content (AvgIpc) is 3.02. The number of rotatable bonds is 5. The second kappa shape index (κ2) is 8.37. The molecule has 0 atom stereocenters. The van der Waals surface area contributed by atoms with E-state index in [0.717, 1.165) is 6.26 Å². The van der Waals surface area contributed by atoms with Crippen LogP contribution in [0.5, 0.6) is 0 Å². The maximum Gasteiger partial charge on any atom is 0.282 e. The summed E-state index contributed by atoms with van der Waals surface area (Å²) < 4.78 is 40.7. The van der Waals surface area contributed by atoms with Gasteiger partial charge in [-0.2, -0.15) is 0 Å². The van der Waals surface area contributed by atoms with Crippen molar-refractivity contribution in [2.75, 3.05) is 6.26 Å². The van der Waals surface area contributed by atoms with Crippen LogP contribution in [0.25, 0.3) is 16.5 Å². The van der Waals surface area contributed by atoms with Crippen LogP contribution in [0.4, 0.5) is 4.39 Å². The number of allylic oxidation sites excluding steroid dienone is 4. The number of amides is 1. The van der Waals surface area contributed by atoms with Crippen molar-refractivity contribution >= 4 is 49.8 Å². The molecule has 0 spiro atoms. The van der Waals surface area contributed by atoms with Crippen molar-refractivity contribution in [3.63, 3.8) is 0 Å². The number of hydrogen-bond donors (Lipinski definition) is 1. The van der Waals surface area contributed by atoms with E-state index in [-0.39, 0.29) is 30.0 Å². The number of carbonyl (C=O) groups excluding carboxylic acids is 2. The highest BCUT2D eigenvalue weighted by atomic mass is 35.5. The van der Waals surface area contributed by atoms with E-state index in [0.29, 0.717) is 27.1 Å². The van der Waals surface area contributed by atoms with Gasteiger partial charge >= 0.3 is 0 Å². The molecule has 2 aromatic carbocycles. The molecule has 1 aromatic heterocycles. The minimum absolute atomic E-state index is 0.00640. The molecular formula is C23H18ClFN2O4S. The number of Topliss-reactive ketones (excluding diaryl/α,β-unsaturated/α-hetero) is 1. The number of nitrogens with one attached hydrogen (secondary N) is 1. The molecule has 32 heavy (non-hydrogen) atoms. The number of fused-ring (bicyclic) bond motifs is 1. The van der Waals surface area contributed by atoms with Crippen LogP contribution in [0, 0.1) is 5.82 Å². The van der Waals surface area contributed by atoms with Crippen molar-refractivity contribution in [2.45, 2.75) is 13.0 Å². The number of aromatic nitrogens is 1. The first-order valence-corrected chi connectivity index (χ1v) is 11.9. The molecule has 0 radical (unpaired) electrons. The van der Waals surface area contributed by atoms with E-state index in [4.69, 9.17) is 11.6 Å². The Bertz CT molecular complexity index is 1420. The summed E-state index contributed by atoms with van der Waals surface area (Å²) in [5, 5.41) is 0.931. The van der Waals surface area contributed by atoms with Crippen molar-refractivity contribution in [3.8, 4) is 0 Å². The summed E-state index contributed by atoms with van der Waals surface area (Å²) in [4.78, 5) is 25.9. The SMILES string of the molecule is CS(=O)(=O)NC(=O)c1c(C2=CC=CCC2=O)c2cc(Cl)ccc2n1Cc1ccc(F)cc1. The lowest BCUT2D eigenvalue weighted by Crippen LogP contribution is -2.32. The zero-order valence-electron chi connectivity index (χ0n) is 16.9. The summed E-state index contributed by atoms with van der Waals surface area (Å²) in [6.07, 6.45) is 6.04. The van der Waals surface area contributed by atoms with Gasteiger partial charge in [0.25, 0.3) is 5.91 Å². The fourth-order valence-corrected chi connectivity index (χ4v) is 4.36. The summed E-state index contributed by atoms with van der Waals surface area (Å²) in [6.45, 7) is 0.141. The van der Waals surface area contributed by atoms with Crippen molar-refractivity contribution in [3.05, 3.63) is 88.4 Å². The van der Waals surface area contributed by atoms with Gasteiger partial charge in [-0.15, -0.1) is 0 Å². The monoisotopic (exact) mass is 472 g/mol. The van der Waals surface area contributed by atoms with Crippen LogP contribution in [-0.4, -0.2) is 30.9 Å². The van der Waals surface area contributed by atoms with Gasteiger partial charge in [0.05, 0.1) is 6.26 Å². The summed E-state index contributed by atoms with van der Waals surface area (Å²) in [5.74, 6) is -1.49. The number of sulfonamides is 1. The molecule has 164 valence electrons. The lowest BCUT2D eigenvalue weighted by molar-refractivity contribution is -0.113. The van der Waals surface area contributed by atoms with E-state index in [1.807, 2.05) is 4.72 Å². The molecule has 1 heterocycles. The van der Waals surface area contributed by atoms with Crippen LogP contribution in [0.3, 0.4) is 0 Å². The number of benzene rings is 2. The fraction of sp³-hybridized carbons (Fsp3) is 0.130. The highest BCUT2D eigenvalue weighted by molar-refractivity contribution is 7.89. The average molecular weight is 473 g/mol. The summed E-state index contributed by atoms with van der Waals surface area (Å²) in [6, 6.07) is 10.7. The molecule has 9 heteroatoms. The Morgan fingerprint density at radius 2 is 1.91 bits per heavy atom. The van der Waals surface area contributed by atoms with Crippen LogP contribution < -0.4 is 4.72 Å². The number of halogens is 2. The van der Waals surface area contributed by atoms with Crippen LogP contribution >= 0.6 is 11.6 Å². The van der Waals surface area contributed by atoms with Gasteiger partial charge in [-0.05, 0) is 35.9 Å². The predicted molar refractivity (Wildman–Crippen MR) is 122 cm³/mol. The molecule has 0 bridgehead atoms. The number of carbonyl (C=O) groups is 2. The van der Waals surface area contributed by atoms with Crippen LogP contribution in [0.1, 0.15) is 28.0 Å². The van der Waals surface area contributed by atoms with Gasteiger partial charge in [-0.3, -0.25) is 9.59 Å². The highest BCUT2D eigenvalue weighted by Crippen LogP contribution is 2.36. The zero-order valence-corrected chi connectivity index (χ0v) is 18.5. The minimum Gasteiger partial charge on any atom is -0.331 e. The Labute approximate surface area is 189 Å². The molecule has 0 saturated heterocycles. The van der Waals surface area contributed by atoms with E-state index < -0.39 is 21.7 Å². The maximum atomic E-state index is 13.4. The van der Waals surface area contributed by atoms with Gasteiger partial charge in [-0.25, -0.2) is 17.5 Å². The molecular weight excluding hydrogens is 455 g/mol. The van der Waals surface area contributed by atoms with Crippen LogP contribution in [0.2, 0.25) is 5.02 Å². The van der Waals surface area contributed by atoms with Gasteiger partial charge < -0.3 is 4.57 Å². The smallest absolute Gasteiger partial charge is 0.282 e. The second-order valence-electron chi connectivity index (χ2n) is 7.44. The summed E-state index contributed by atoms with van der Waals surface area (Å²) >= 11 is 6.23. The molecule has 6 nitrogen and oxygen atoms in total. The number of hydrogen-bond acceptors (Lipinski definition) is 4. The lowest BCUT2D eigenvalue weighted by Gasteiger charge is -2.14. The Kier molecular flexibility index (Phi) is 5.75. The van der Waals surface area contributed by atoms with E-state index >= 15 is 0 Å². The Hall–Kier alpha value is -3.23. The van der Waals surface area contributed by atoms with Crippen molar-refractivity contribution in [1.82, 2.24) is 9.29 Å². The predicted octanol–water partition coefficient (Wildman–Crippen LogP) is 4.08. The van der Waals surface area contributed by atoms with E-state index in [9.17, 15) is 22.4 Å². The minimum atomic E-state index is -3.88. The Morgan fingerprint density at radius 1 is 1.19 bits per heavy atom. The maximum absolute atomic E-state index is 13.4. The quantitative estimate of drug-likeness (QED) is 0.606. The van der Waals surface area contributed by atoms with Gasteiger partial charge in [0.15, 0.2) is 5.78 Å².